The van der Waals surface area contributed by atoms with Crippen molar-refractivity contribution >= 4 is 11.5 Å². The molecule has 5 nitrogen and oxygen atoms in total. The van der Waals surface area contributed by atoms with Gasteiger partial charge in [-0.25, -0.2) is 4.98 Å². The number of nitrogens with one attached hydrogen (secondary N) is 2. The molecular formula is C12H18F3N5. The molecule has 1 aromatic heterocycles. The van der Waals surface area contributed by atoms with Crippen molar-refractivity contribution in [1.29, 1.82) is 0 Å². The van der Waals surface area contributed by atoms with Gasteiger partial charge in [0.05, 0.1) is 11.8 Å². The molecule has 0 unspecified atom stereocenters. The van der Waals surface area contributed by atoms with Crippen LogP contribution in [0.2, 0.25) is 0 Å². The number of nitrogens with zero attached hydrogens (tertiary/aromatic N) is 2. The lowest BCUT2D eigenvalue weighted by Crippen LogP contribution is -2.30. The molecule has 4 N–H and O–H groups in total. The zero-order chi connectivity index (χ0) is 14.8. The Morgan fingerprint density at radius 2 is 2.05 bits per heavy atom. The van der Waals surface area contributed by atoms with Gasteiger partial charge in [-0.2, -0.15) is 13.2 Å². The third-order valence-electron chi connectivity index (χ3n) is 3.20. The van der Waals surface area contributed by atoms with Crippen LogP contribution in [0.25, 0.3) is 0 Å². The largest absolute Gasteiger partial charge is 0.396 e. The monoisotopic (exact) mass is 289 g/mol. The molecule has 0 radical (unpaired) electrons. The van der Waals surface area contributed by atoms with Crippen LogP contribution >= 0.6 is 0 Å². The van der Waals surface area contributed by atoms with E-state index in [4.69, 9.17) is 5.73 Å². The third kappa shape index (κ3) is 3.96. The van der Waals surface area contributed by atoms with Crippen LogP contribution in [0.1, 0.15) is 31.3 Å². The second-order valence-electron chi connectivity index (χ2n) is 4.93. The van der Waals surface area contributed by atoms with E-state index >= 15 is 0 Å². The lowest BCUT2D eigenvalue weighted by atomic mass is 10.1. The Hall–Kier alpha value is -1.57. The zero-order valence-electron chi connectivity index (χ0n) is 11.2. The van der Waals surface area contributed by atoms with Crippen LogP contribution in [0.3, 0.4) is 0 Å². The van der Waals surface area contributed by atoms with Gasteiger partial charge in [-0.1, -0.05) is 0 Å². The number of aliphatic imine (C=N–C) groups is 1. The summed E-state index contributed by atoms with van der Waals surface area (Å²) < 4.78 is 37.0. The molecule has 1 fully saturated rings. The van der Waals surface area contributed by atoms with Gasteiger partial charge in [0.2, 0.25) is 0 Å². The summed E-state index contributed by atoms with van der Waals surface area (Å²) in [5, 5.41) is 3.23. The predicted octanol–water partition coefficient (Wildman–Crippen LogP) is 1.66. The van der Waals surface area contributed by atoms with Crippen molar-refractivity contribution < 1.29 is 13.2 Å². The highest BCUT2D eigenvalue weighted by Crippen LogP contribution is 2.21. The van der Waals surface area contributed by atoms with Gasteiger partial charge in [-0.3, -0.25) is 4.99 Å². The molecule has 0 aromatic carbocycles. The SMILES string of the molecule is CC(=NC1CCNCC1)c1[nH]c(CC(F)(F)F)nc1N. The summed E-state index contributed by atoms with van der Waals surface area (Å²) in [5.41, 5.74) is 6.66. The second-order valence-corrected chi connectivity index (χ2v) is 4.93. The smallest absolute Gasteiger partial charge is 0.382 e. The number of halogens is 3. The first-order valence-corrected chi connectivity index (χ1v) is 6.52. The number of aromatic nitrogens is 2. The van der Waals surface area contributed by atoms with Crippen LogP contribution in [0.5, 0.6) is 0 Å². The van der Waals surface area contributed by atoms with Gasteiger partial charge in [0.15, 0.2) is 5.82 Å². The Kier molecular flexibility index (Phi) is 4.32. The maximum absolute atomic E-state index is 12.3. The molecule has 0 spiro atoms. The standard InChI is InChI=1S/C12H18F3N5/c1-7(18-8-2-4-17-5-3-8)10-11(16)20-9(19-10)6-12(13,14)15/h8,17H,2-6,16H2,1H3,(H,19,20). The highest BCUT2D eigenvalue weighted by Gasteiger charge is 2.30. The lowest BCUT2D eigenvalue weighted by Gasteiger charge is -2.19. The molecule has 0 amide bonds. The summed E-state index contributed by atoms with van der Waals surface area (Å²) in [6.45, 7) is 3.54. The first-order valence-electron chi connectivity index (χ1n) is 6.52. The molecular weight excluding hydrogens is 271 g/mol. The minimum Gasteiger partial charge on any atom is -0.382 e. The number of nitrogens with two attached hydrogens (primary N) is 1. The summed E-state index contributed by atoms with van der Waals surface area (Å²) in [7, 11) is 0. The van der Waals surface area contributed by atoms with Crippen molar-refractivity contribution in [2.24, 2.45) is 4.99 Å². The quantitative estimate of drug-likeness (QED) is 0.740. The van der Waals surface area contributed by atoms with E-state index in [1.54, 1.807) is 6.92 Å². The highest BCUT2D eigenvalue weighted by molar-refractivity contribution is 6.00. The summed E-state index contributed by atoms with van der Waals surface area (Å²) in [4.78, 5) is 10.9. The van der Waals surface area contributed by atoms with Crippen LogP contribution in [0, 0.1) is 0 Å². The Morgan fingerprint density at radius 1 is 1.40 bits per heavy atom. The van der Waals surface area contributed by atoms with Crippen molar-refractivity contribution in [3.63, 3.8) is 0 Å². The Bertz CT molecular complexity index is 486. The number of nitrogen functional groups attached to an aromatic ring is 1. The maximum atomic E-state index is 12.3. The molecule has 1 aliphatic rings. The number of H-pyrrole nitrogens is 1. The Morgan fingerprint density at radius 3 is 2.65 bits per heavy atom. The number of alkyl halides is 3. The van der Waals surface area contributed by atoms with E-state index in [0.29, 0.717) is 11.4 Å². The topological polar surface area (TPSA) is 79.1 Å². The van der Waals surface area contributed by atoms with Crippen molar-refractivity contribution in [2.45, 2.75) is 38.4 Å². The molecule has 0 saturated carbocycles. The average molecular weight is 289 g/mol. The Labute approximate surface area is 114 Å². The van der Waals surface area contributed by atoms with Crippen LogP contribution < -0.4 is 11.1 Å². The third-order valence-corrected chi connectivity index (χ3v) is 3.20. The van der Waals surface area contributed by atoms with Crippen molar-refractivity contribution in [2.75, 3.05) is 18.8 Å². The number of piperidine rings is 1. The van der Waals surface area contributed by atoms with E-state index < -0.39 is 12.6 Å². The van der Waals surface area contributed by atoms with Gasteiger partial charge in [0.1, 0.15) is 17.9 Å². The average Bonchev–Trinajstić information content (AvgIpc) is 2.69. The number of anilines is 1. The van der Waals surface area contributed by atoms with Gasteiger partial charge in [-0.05, 0) is 32.9 Å². The first-order chi connectivity index (χ1) is 9.35. The zero-order valence-corrected chi connectivity index (χ0v) is 11.2. The number of rotatable bonds is 3. The summed E-state index contributed by atoms with van der Waals surface area (Å²) in [6.07, 6.45) is -3.58. The molecule has 0 atom stereocenters. The molecule has 8 heteroatoms. The van der Waals surface area contributed by atoms with Gasteiger partial charge >= 0.3 is 6.18 Å². The van der Waals surface area contributed by atoms with Crippen LogP contribution in [0.4, 0.5) is 19.0 Å². The van der Waals surface area contributed by atoms with Crippen LogP contribution in [-0.2, 0) is 6.42 Å². The fraction of sp³-hybridized carbons (Fsp3) is 0.667. The fourth-order valence-corrected chi connectivity index (χ4v) is 2.26. The minimum atomic E-state index is -4.30. The maximum Gasteiger partial charge on any atom is 0.396 e. The Balaban J connectivity index is 2.13. The highest BCUT2D eigenvalue weighted by atomic mass is 19.4. The number of hydrogen-bond donors (Lipinski definition) is 3. The second kappa shape index (κ2) is 5.82. The van der Waals surface area contributed by atoms with Crippen LogP contribution in [0.15, 0.2) is 4.99 Å². The summed E-state index contributed by atoms with van der Waals surface area (Å²) >= 11 is 0. The minimum absolute atomic E-state index is 0.0689. The predicted molar refractivity (Wildman–Crippen MR) is 70.9 cm³/mol. The molecule has 112 valence electrons. The van der Waals surface area contributed by atoms with Gasteiger partial charge < -0.3 is 16.0 Å². The molecule has 20 heavy (non-hydrogen) atoms. The summed E-state index contributed by atoms with van der Waals surface area (Å²) in [6, 6.07) is 0.185. The molecule has 0 aliphatic carbocycles. The van der Waals surface area contributed by atoms with Gasteiger partial charge in [0, 0.05) is 0 Å². The van der Waals surface area contributed by atoms with Crippen molar-refractivity contribution in [1.82, 2.24) is 15.3 Å². The van der Waals surface area contributed by atoms with E-state index in [1.165, 1.54) is 0 Å². The van der Waals surface area contributed by atoms with E-state index in [2.05, 4.69) is 20.3 Å². The molecule has 2 rings (SSSR count). The molecule has 2 heterocycles. The summed E-state index contributed by atoms with van der Waals surface area (Å²) in [5.74, 6) is -0.107. The van der Waals surface area contributed by atoms with Gasteiger partial charge in [-0.15, -0.1) is 0 Å². The van der Waals surface area contributed by atoms with Crippen LogP contribution in [-0.4, -0.2) is 41.0 Å². The first kappa shape index (κ1) is 14.8. The molecule has 0 bridgehead atoms. The van der Waals surface area contributed by atoms with Gasteiger partial charge in [0.25, 0.3) is 0 Å². The lowest BCUT2D eigenvalue weighted by molar-refractivity contribution is -0.128. The molecule has 1 aromatic rings. The molecule has 1 aliphatic heterocycles. The number of hydrogen-bond acceptors (Lipinski definition) is 4. The van der Waals surface area contributed by atoms with E-state index in [-0.39, 0.29) is 17.7 Å². The van der Waals surface area contributed by atoms with E-state index in [9.17, 15) is 13.2 Å². The normalized spacial score (nSPS) is 18.5. The van der Waals surface area contributed by atoms with Crippen molar-refractivity contribution in [3.8, 4) is 0 Å². The van der Waals surface area contributed by atoms with E-state index in [1.807, 2.05) is 0 Å². The number of aromatic amines is 1. The van der Waals surface area contributed by atoms with E-state index in [0.717, 1.165) is 25.9 Å². The number of imidazole rings is 1. The fourth-order valence-electron chi connectivity index (χ4n) is 2.26. The molecule has 1 saturated heterocycles. The van der Waals surface area contributed by atoms with Crippen molar-refractivity contribution in [3.05, 3.63) is 11.5 Å².